The van der Waals surface area contributed by atoms with E-state index in [-0.39, 0.29) is 0 Å². The van der Waals surface area contributed by atoms with Gasteiger partial charge in [0, 0.05) is 16.5 Å². The summed E-state index contributed by atoms with van der Waals surface area (Å²) in [5.41, 5.74) is 1.06. The molecule has 1 heteroatoms. The van der Waals surface area contributed by atoms with E-state index in [2.05, 4.69) is 11.8 Å². The molecule has 60 valence electrons. The molecule has 1 aliphatic carbocycles. The van der Waals surface area contributed by atoms with Gasteiger partial charge in [-0.15, -0.1) is 0 Å². The molecule has 0 atom stereocenters. The van der Waals surface area contributed by atoms with Crippen molar-refractivity contribution in [3.05, 3.63) is 34.9 Å². The molecule has 1 saturated carbocycles. The van der Waals surface area contributed by atoms with Crippen molar-refractivity contribution in [1.82, 2.24) is 0 Å². The van der Waals surface area contributed by atoms with Gasteiger partial charge in [-0.05, 0) is 37.1 Å². The standard InChI is InChI=1S/C11H9Cl/c12-11-7-5-10(6-8-11)4-3-9-1-2-9/h5-9H,1-2H2. The highest BCUT2D eigenvalue weighted by Gasteiger charge is 2.17. The first-order valence-electron chi connectivity index (χ1n) is 4.12. The summed E-state index contributed by atoms with van der Waals surface area (Å²) in [6, 6.07) is 7.66. The summed E-state index contributed by atoms with van der Waals surface area (Å²) in [6.07, 6.45) is 2.56. The molecule has 2 rings (SSSR count). The van der Waals surface area contributed by atoms with Gasteiger partial charge in [0.25, 0.3) is 0 Å². The van der Waals surface area contributed by atoms with Crippen molar-refractivity contribution in [2.75, 3.05) is 0 Å². The Bertz CT molecular complexity index is 322. The van der Waals surface area contributed by atoms with Crippen molar-refractivity contribution < 1.29 is 0 Å². The van der Waals surface area contributed by atoms with Gasteiger partial charge >= 0.3 is 0 Å². The number of benzene rings is 1. The van der Waals surface area contributed by atoms with Gasteiger partial charge in [-0.1, -0.05) is 23.4 Å². The van der Waals surface area contributed by atoms with Crippen LogP contribution in [0, 0.1) is 17.8 Å². The lowest BCUT2D eigenvalue weighted by Gasteiger charge is -1.89. The van der Waals surface area contributed by atoms with Crippen LogP contribution >= 0.6 is 11.6 Å². The first-order chi connectivity index (χ1) is 5.84. The fraction of sp³-hybridized carbons (Fsp3) is 0.273. The van der Waals surface area contributed by atoms with Gasteiger partial charge < -0.3 is 0 Å². The molecule has 0 amide bonds. The summed E-state index contributed by atoms with van der Waals surface area (Å²) in [4.78, 5) is 0. The number of hydrogen-bond acceptors (Lipinski definition) is 0. The third-order valence-electron chi connectivity index (χ3n) is 1.84. The van der Waals surface area contributed by atoms with E-state index in [1.54, 1.807) is 0 Å². The van der Waals surface area contributed by atoms with Crippen molar-refractivity contribution in [2.45, 2.75) is 12.8 Å². The molecule has 1 fully saturated rings. The van der Waals surface area contributed by atoms with Crippen LogP contribution in [0.15, 0.2) is 24.3 Å². The lowest BCUT2D eigenvalue weighted by atomic mass is 10.2. The smallest absolute Gasteiger partial charge is 0.0406 e. The molecule has 0 spiro atoms. The van der Waals surface area contributed by atoms with Gasteiger partial charge in [0.15, 0.2) is 0 Å². The quantitative estimate of drug-likeness (QED) is 0.533. The number of halogens is 1. The van der Waals surface area contributed by atoms with Gasteiger partial charge in [-0.25, -0.2) is 0 Å². The van der Waals surface area contributed by atoms with Crippen LogP contribution in [0.1, 0.15) is 18.4 Å². The van der Waals surface area contributed by atoms with Crippen molar-refractivity contribution >= 4 is 11.6 Å². The molecule has 12 heavy (non-hydrogen) atoms. The summed E-state index contributed by atoms with van der Waals surface area (Å²) in [5.74, 6) is 6.99. The van der Waals surface area contributed by atoms with Crippen molar-refractivity contribution in [2.24, 2.45) is 5.92 Å². The third kappa shape index (κ3) is 2.03. The molecule has 1 aliphatic rings. The fourth-order valence-electron chi connectivity index (χ4n) is 0.946. The lowest BCUT2D eigenvalue weighted by Crippen LogP contribution is -1.72. The Morgan fingerprint density at radius 1 is 1.17 bits per heavy atom. The average Bonchev–Trinajstić information content (AvgIpc) is 2.87. The highest BCUT2D eigenvalue weighted by molar-refractivity contribution is 6.30. The summed E-state index contributed by atoms with van der Waals surface area (Å²) < 4.78 is 0. The zero-order chi connectivity index (χ0) is 8.39. The molecule has 0 bridgehead atoms. The van der Waals surface area contributed by atoms with E-state index in [1.807, 2.05) is 24.3 Å². The monoisotopic (exact) mass is 176 g/mol. The van der Waals surface area contributed by atoms with Crippen molar-refractivity contribution in [3.63, 3.8) is 0 Å². The van der Waals surface area contributed by atoms with E-state index in [4.69, 9.17) is 11.6 Å². The fourth-order valence-corrected chi connectivity index (χ4v) is 1.07. The van der Waals surface area contributed by atoms with Crippen molar-refractivity contribution in [1.29, 1.82) is 0 Å². The van der Waals surface area contributed by atoms with E-state index in [1.165, 1.54) is 12.8 Å². The minimum atomic E-state index is 0.667. The van der Waals surface area contributed by atoms with Gasteiger partial charge in [0.1, 0.15) is 0 Å². The molecule has 1 aromatic rings. The third-order valence-corrected chi connectivity index (χ3v) is 2.09. The average molecular weight is 177 g/mol. The molecular weight excluding hydrogens is 168 g/mol. The summed E-state index contributed by atoms with van der Waals surface area (Å²) in [5, 5.41) is 0.770. The lowest BCUT2D eigenvalue weighted by molar-refractivity contribution is 1.18. The molecule has 0 radical (unpaired) electrons. The number of rotatable bonds is 0. The maximum Gasteiger partial charge on any atom is 0.0406 e. The van der Waals surface area contributed by atoms with E-state index < -0.39 is 0 Å². The second kappa shape index (κ2) is 3.21. The maximum atomic E-state index is 5.74. The molecule has 0 heterocycles. The molecule has 0 unspecified atom stereocenters. The van der Waals surface area contributed by atoms with E-state index in [0.717, 1.165) is 10.6 Å². The van der Waals surface area contributed by atoms with Crippen LogP contribution in [0.3, 0.4) is 0 Å². The Kier molecular flexibility index (Phi) is 2.06. The maximum absolute atomic E-state index is 5.74. The van der Waals surface area contributed by atoms with E-state index >= 15 is 0 Å². The second-order valence-corrected chi connectivity index (χ2v) is 3.49. The minimum absolute atomic E-state index is 0.667. The molecule has 0 nitrogen and oxygen atoms in total. The Labute approximate surface area is 77.6 Å². The predicted octanol–water partition coefficient (Wildman–Crippen LogP) is 3.10. The van der Waals surface area contributed by atoms with Gasteiger partial charge in [0.05, 0.1) is 0 Å². The zero-order valence-electron chi connectivity index (χ0n) is 6.68. The SMILES string of the molecule is Clc1ccc(C#CC2CC2)cc1. The molecule has 1 aromatic carbocycles. The van der Waals surface area contributed by atoms with Crippen molar-refractivity contribution in [3.8, 4) is 11.8 Å². The summed E-state index contributed by atoms with van der Waals surface area (Å²) in [6.45, 7) is 0. The van der Waals surface area contributed by atoms with Gasteiger partial charge in [-0.2, -0.15) is 0 Å². The van der Waals surface area contributed by atoms with Gasteiger partial charge in [-0.3, -0.25) is 0 Å². The van der Waals surface area contributed by atoms with E-state index in [0.29, 0.717) is 5.92 Å². The highest BCUT2D eigenvalue weighted by atomic mass is 35.5. The molecule has 0 aliphatic heterocycles. The second-order valence-electron chi connectivity index (χ2n) is 3.05. The van der Waals surface area contributed by atoms with Crippen LogP contribution in [0.2, 0.25) is 5.02 Å². The Morgan fingerprint density at radius 3 is 2.42 bits per heavy atom. The first-order valence-corrected chi connectivity index (χ1v) is 4.49. The Hall–Kier alpha value is -0.930. The van der Waals surface area contributed by atoms with Crippen LogP contribution < -0.4 is 0 Å². The van der Waals surface area contributed by atoms with Crippen LogP contribution in [-0.2, 0) is 0 Å². The predicted molar refractivity (Wildman–Crippen MR) is 51.1 cm³/mol. The molecule has 0 saturated heterocycles. The summed E-state index contributed by atoms with van der Waals surface area (Å²) >= 11 is 5.74. The van der Waals surface area contributed by atoms with Crippen LogP contribution in [0.5, 0.6) is 0 Å². The van der Waals surface area contributed by atoms with Crippen LogP contribution in [0.4, 0.5) is 0 Å². The Balaban J connectivity index is 2.13. The van der Waals surface area contributed by atoms with Crippen LogP contribution in [0.25, 0.3) is 0 Å². The van der Waals surface area contributed by atoms with E-state index in [9.17, 15) is 0 Å². The molecule has 0 N–H and O–H groups in total. The minimum Gasteiger partial charge on any atom is -0.0945 e. The first kappa shape index (κ1) is 7.71. The van der Waals surface area contributed by atoms with Gasteiger partial charge in [0.2, 0.25) is 0 Å². The topological polar surface area (TPSA) is 0 Å². The summed E-state index contributed by atoms with van der Waals surface area (Å²) in [7, 11) is 0. The Morgan fingerprint density at radius 2 is 1.83 bits per heavy atom. The normalized spacial score (nSPS) is 15.1. The van der Waals surface area contributed by atoms with Crippen LogP contribution in [-0.4, -0.2) is 0 Å². The number of hydrogen-bond donors (Lipinski definition) is 0. The molecule has 0 aromatic heterocycles. The highest BCUT2D eigenvalue weighted by Crippen LogP contribution is 2.27. The zero-order valence-corrected chi connectivity index (χ0v) is 7.43. The molecular formula is C11H9Cl. The largest absolute Gasteiger partial charge is 0.0945 e.